The Labute approximate surface area is 129 Å². The summed E-state index contributed by atoms with van der Waals surface area (Å²) in [7, 11) is 0. The number of ether oxygens (including phenoxy) is 1. The van der Waals surface area contributed by atoms with E-state index in [1.165, 1.54) is 12.1 Å². The highest BCUT2D eigenvalue weighted by Gasteiger charge is 2.34. The lowest BCUT2D eigenvalue weighted by molar-refractivity contribution is 0.0618. The van der Waals surface area contributed by atoms with E-state index in [2.05, 4.69) is 5.32 Å². The van der Waals surface area contributed by atoms with Crippen LogP contribution in [0.15, 0.2) is 48.5 Å². The lowest BCUT2D eigenvalue weighted by Crippen LogP contribution is -2.41. The number of fused-ring (bicyclic) bond motifs is 1. The van der Waals surface area contributed by atoms with E-state index in [0.29, 0.717) is 6.42 Å². The van der Waals surface area contributed by atoms with Crippen LogP contribution in [0.25, 0.3) is 0 Å². The summed E-state index contributed by atoms with van der Waals surface area (Å²) >= 11 is 0. The van der Waals surface area contributed by atoms with Gasteiger partial charge in [-0.15, -0.1) is 0 Å². The average Bonchev–Trinajstić information content (AvgIpc) is 2.46. The minimum atomic E-state index is -0.514. The molecule has 0 saturated carbocycles. The Bertz CT molecular complexity index is 712. The molecule has 1 atom stereocenters. The van der Waals surface area contributed by atoms with E-state index in [1.54, 1.807) is 12.1 Å². The van der Waals surface area contributed by atoms with Crippen molar-refractivity contribution in [1.29, 1.82) is 0 Å². The van der Waals surface area contributed by atoms with Gasteiger partial charge in [0.25, 0.3) is 5.91 Å². The highest BCUT2D eigenvalue weighted by atomic mass is 19.1. The van der Waals surface area contributed by atoms with Gasteiger partial charge in [0.15, 0.2) is 0 Å². The van der Waals surface area contributed by atoms with E-state index in [4.69, 9.17) is 4.74 Å². The number of carbonyl (C=O) groups excluding carboxylic acids is 1. The SMILES string of the molecule is CC1(C)C[C@@H](NC(=O)c2ccccc2F)c2ccccc2O1. The predicted molar refractivity (Wildman–Crippen MR) is 82.4 cm³/mol. The first-order valence-electron chi connectivity index (χ1n) is 7.30. The molecule has 2 aromatic carbocycles. The van der Waals surface area contributed by atoms with Crippen LogP contribution in [0.2, 0.25) is 0 Å². The van der Waals surface area contributed by atoms with Crippen LogP contribution >= 0.6 is 0 Å². The fourth-order valence-electron chi connectivity index (χ4n) is 2.81. The number of hydrogen-bond acceptors (Lipinski definition) is 2. The molecule has 1 amide bonds. The fourth-order valence-corrected chi connectivity index (χ4v) is 2.81. The molecule has 0 aliphatic carbocycles. The topological polar surface area (TPSA) is 38.3 Å². The van der Waals surface area contributed by atoms with E-state index < -0.39 is 11.7 Å². The summed E-state index contributed by atoms with van der Waals surface area (Å²) < 4.78 is 19.7. The van der Waals surface area contributed by atoms with Gasteiger partial charge < -0.3 is 10.1 Å². The van der Waals surface area contributed by atoms with Crippen LogP contribution < -0.4 is 10.1 Å². The number of hydrogen-bond donors (Lipinski definition) is 1. The highest BCUT2D eigenvalue weighted by Crippen LogP contribution is 2.39. The number of amides is 1. The maximum atomic E-state index is 13.8. The van der Waals surface area contributed by atoms with Crippen molar-refractivity contribution in [2.24, 2.45) is 0 Å². The van der Waals surface area contributed by atoms with E-state index in [-0.39, 0.29) is 17.2 Å². The highest BCUT2D eigenvalue weighted by molar-refractivity contribution is 5.94. The van der Waals surface area contributed by atoms with Gasteiger partial charge in [-0.05, 0) is 32.0 Å². The lowest BCUT2D eigenvalue weighted by atomic mass is 9.89. The third-order valence-electron chi connectivity index (χ3n) is 3.80. The number of halogens is 1. The summed E-state index contributed by atoms with van der Waals surface area (Å²) in [5, 5.41) is 2.93. The Morgan fingerprint density at radius 3 is 2.64 bits per heavy atom. The molecule has 0 unspecified atom stereocenters. The largest absolute Gasteiger partial charge is 0.487 e. The van der Waals surface area contributed by atoms with E-state index in [0.717, 1.165) is 11.3 Å². The maximum absolute atomic E-state index is 13.8. The Balaban J connectivity index is 1.89. The van der Waals surface area contributed by atoms with Gasteiger partial charge in [-0.1, -0.05) is 30.3 Å². The van der Waals surface area contributed by atoms with Gasteiger partial charge in [0.1, 0.15) is 17.2 Å². The minimum absolute atomic E-state index is 0.0595. The van der Waals surface area contributed by atoms with Crippen molar-refractivity contribution in [3.63, 3.8) is 0 Å². The molecule has 1 heterocycles. The number of benzene rings is 2. The Kier molecular flexibility index (Phi) is 3.61. The zero-order valence-corrected chi connectivity index (χ0v) is 12.6. The van der Waals surface area contributed by atoms with Crippen molar-refractivity contribution in [1.82, 2.24) is 5.32 Å². The second kappa shape index (κ2) is 5.44. The smallest absolute Gasteiger partial charge is 0.254 e. The van der Waals surface area contributed by atoms with Crippen LogP contribution in [-0.2, 0) is 0 Å². The van der Waals surface area contributed by atoms with Gasteiger partial charge in [-0.2, -0.15) is 0 Å². The third kappa shape index (κ3) is 2.82. The average molecular weight is 299 g/mol. The summed E-state index contributed by atoms with van der Waals surface area (Å²) in [6.07, 6.45) is 0.629. The first-order valence-corrected chi connectivity index (χ1v) is 7.30. The molecule has 3 nitrogen and oxygen atoms in total. The lowest BCUT2D eigenvalue weighted by Gasteiger charge is -2.37. The van der Waals surface area contributed by atoms with Crippen molar-refractivity contribution < 1.29 is 13.9 Å². The molecule has 0 aromatic heterocycles. The van der Waals surface area contributed by atoms with Gasteiger partial charge in [0, 0.05) is 12.0 Å². The molecule has 0 radical (unpaired) electrons. The van der Waals surface area contributed by atoms with Crippen molar-refractivity contribution in [3.8, 4) is 5.75 Å². The van der Waals surface area contributed by atoms with Crippen LogP contribution in [0.1, 0.15) is 42.2 Å². The summed E-state index contributed by atoms with van der Waals surface area (Å²) in [4.78, 5) is 12.4. The standard InChI is InChI=1S/C18H18FNO2/c1-18(2)11-15(13-8-4-6-10-16(13)22-18)20-17(21)12-7-3-5-9-14(12)19/h3-10,15H,11H2,1-2H3,(H,20,21)/t15-/m1/s1. The molecule has 4 heteroatoms. The molecule has 0 bridgehead atoms. The molecule has 0 fully saturated rings. The van der Waals surface area contributed by atoms with E-state index >= 15 is 0 Å². The van der Waals surface area contributed by atoms with Crippen molar-refractivity contribution >= 4 is 5.91 Å². The molecular weight excluding hydrogens is 281 g/mol. The second-order valence-electron chi connectivity index (χ2n) is 6.11. The molecule has 0 saturated heterocycles. The van der Waals surface area contributed by atoms with Crippen LogP contribution in [0.5, 0.6) is 5.75 Å². The van der Waals surface area contributed by atoms with Crippen LogP contribution in [0, 0.1) is 5.82 Å². The Hall–Kier alpha value is -2.36. The first-order chi connectivity index (χ1) is 10.5. The van der Waals surface area contributed by atoms with Gasteiger partial charge in [-0.3, -0.25) is 4.79 Å². The maximum Gasteiger partial charge on any atom is 0.254 e. The zero-order valence-electron chi connectivity index (χ0n) is 12.6. The van der Waals surface area contributed by atoms with E-state index in [1.807, 2.05) is 38.1 Å². The zero-order chi connectivity index (χ0) is 15.7. The monoisotopic (exact) mass is 299 g/mol. The predicted octanol–water partition coefficient (Wildman–Crippen LogP) is 3.86. The summed E-state index contributed by atoms with van der Waals surface area (Å²) in [6, 6.07) is 13.4. The Morgan fingerprint density at radius 2 is 1.86 bits per heavy atom. The molecule has 1 aliphatic rings. The third-order valence-corrected chi connectivity index (χ3v) is 3.80. The molecule has 0 spiro atoms. The van der Waals surface area contributed by atoms with Crippen molar-refractivity contribution in [2.75, 3.05) is 0 Å². The number of para-hydroxylation sites is 1. The van der Waals surface area contributed by atoms with Crippen LogP contribution in [-0.4, -0.2) is 11.5 Å². The minimum Gasteiger partial charge on any atom is -0.487 e. The van der Waals surface area contributed by atoms with Gasteiger partial charge >= 0.3 is 0 Å². The second-order valence-corrected chi connectivity index (χ2v) is 6.11. The summed E-state index contributed by atoms with van der Waals surface area (Å²) in [6.45, 7) is 3.95. The number of nitrogens with one attached hydrogen (secondary N) is 1. The van der Waals surface area contributed by atoms with Gasteiger partial charge in [-0.25, -0.2) is 4.39 Å². The molecular formula is C18H18FNO2. The quantitative estimate of drug-likeness (QED) is 0.914. The van der Waals surface area contributed by atoms with E-state index in [9.17, 15) is 9.18 Å². The normalized spacial score (nSPS) is 19.0. The molecule has 3 rings (SSSR count). The fraction of sp³-hybridized carbons (Fsp3) is 0.278. The van der Waals surface area contributed by atoms with Gasteiger partial charge in [0.05, 0.1) is 11.6 Å². The number of rotatable bonds is 2. The molecule has 1 N–H and O–H groups in total. The van der Waals surface area contributed by atoms with Crippen molar-refractivity contribution in [3.05, 3.63) is 65.5 Å². The molecule has 1 aliphatic heterocycles. The van der Waals surface area contributed by atoms with Crippen LogP contribution in [0.3, 0.4) is 0 Å². The molecule has 114 valence electrons. The molecule has 2 aromatic rings. The molecule has 22 heavy (non-hydrogen) atoms. The summed E-state index contributed by atoms with van der Waals surface area (Å²) in [5.74, 6) is -0.159. The Morgan fingerprint density at radius 1 is 1.18 bits per heavy atom. The number of carbonyl (C=O) groups is 1. The summed E-state index contributed by atoms with van der Waals surface area (Å²) in [5.41, 5.74) is 0.595. The van der Waals surface area contributed by atoms with Crippen LogP contribution in [0.4, 0.5) is 4.39 Å². The van der Waals surface area contributed by atoms with Gasteiger partial charge in [0.2, 0.25) is 0 Å². The van der Waals surface area contributed by atoms with Crippen molar-refractivity contribution in [2.45, 2.75) is 31.9 Å². The first kappa shape index (κ1) is 14.6.